The number of nitrogens with two attached hydrogens (primary N) is 1. The monoisotopic (exact) mass is 270 g/mol. The molecule has 0 radical (unpaired) electrons. The molecule has 4 N–H and O–H groups in total. The van der Waals surface area contributed by atoms with Crippen LogP contribution in [0, 0.1) is 6.92 Å². The number of nitrogens with zero attached hydrogens (tertiary/aromatic N) is 1. The van der Waals surface area contributed by atoms with Crippen molar-refractivity contribution in [1.82, 2.24) is 15.5 Å². The molecule has 0 aromatic carbocycles. The van der Waals surface area contributed by atoms with Gasteiger partial charge in [-0.2, -0.15) is 16.9 Å². The highest BCUT2D eigenvalue weighted by Gasteiger charge is 2.11. The van der Waals surface area contributed by atoms with Crippen molar-refractivity contribution in [1.29, 1.82) is 0 Å². The Labute approximate surface area is 112 Å². The third kappa shape index (κ3) is 5.10. The van der Waals surface area contributed by atoms with Crippen LogP contribution in [0.2, 0.25) is 0 Å². The van der Waals surface area contributed by atoms with Crippen LogP contribution >= 0.6 is 11.8 Å². The summed E-state index contributed by atoms with van der Waals surface area (Å²) in [5.41, 5.74) is 8.06. The van der Waals surface area contributed by atoms with E-state index >= 15 is 0 Å². The lowest BCUT2D eigenvalue weighted by Crippen LogP contribution is -2.41. The van der Waals surface area contributed by atoms with E-state index < -0.39 is 0 Å². The Hall–Kier alpha value is -1.01. The minimum Gasteiger partial charge on any atom is -0.355 e. The van der Waals surface area contributed by atoms with Crippen molar-refractivity contribution < 1.29 is 4.79 Å². The predicted octanol–water partition coefficient (Wildman–Crippen LogP) is 0.847. The molecule has 0 unspecified atom stereocenters. The average Bonchev–Trinajstić information content (AvgIpc) is 2.77. The molecule has 0 saturated heterocycles. The third-order valence-corrected chi connectivity index (χ3v) is 3.47. The lowest BCUT2D eigenvalue weighted by atomic mass is 10.1. The number of hydrogen-bond donors (Lipinski definition) is 3. The number of hydrogen-bond acceptors (Lipinski definition) is 4. The van der Waals surface area contributed by atoms with Crippen LogP contribution in [0.15, 0.2) is 6.20 Å². The van der Waals surface area contributed by atoms with Gasteiger partial charge in [0, 0.05) is 12.2 Å². The number of thioether (sulfide) groups is 1. The zero-order chi connectivity index (χ0) is 13.4. The number of carbonyl (C=O) groups excluding carboxylic acids is 1. The number of amides is 1. The molecule has 6 heteroatoms. The van der Waals surface area contributed by atoms with Gasteiger partial charge in [0.05, 0.1) is 12.2 Å². The number of nitrogens with one attached hydrogen (secondary N) is 2. The minimum atomic E-state index is -0.381. The first kappa shape index (κ1) is 15.0. The van der Waals surface area contributed by atoms with Crippen LogP contribution in [0.1, 0.15) is 24.1 Å². The molecule has 5 nitrogen and oxygen atoms in total. The van der Waals surface area contributed by atoms with Crippen molar-refractivity contribution in [3.05, 3.63) is 17.5 Å². The zero-order valence-corrected chi connectivity index (χ0v) is 11.8. The summed E-state index contributed by atoms with van der Waals surface area (Å²) in [6.45, 7) is 2.66. The Bertz CT molecular complexity index is 367. The van der Waals surface area contributed by atoms with Crippen LogP contribution in [0.5, 0.6) is 0 Å². The van der Waals surface area contributed by atoms with Crippen LogP contribution in [0.4, 0.5) is 0 Å². The summed E-state index contributed by atoms with van der Waals surface area (Å²) in [7, 11) is 0. The molecule has 0 saturated carbocycles. The van der Waals surface area contributed by atoms with E-state index in [0.717, 1.165) is 30.7 Å². The second-order valence-corrected chi connectivity index (χ2v) is 5.29. The summed E-state index contributed by atoms with van der Waals surface area (Å²) >= 11 is 1.71. The molecule has 0 fully saturated rings. The molecule has 0 aliphatic heterocycles. The lowest BCUT2D eigenvalue weighted by molar-refractivity contribution is -0.122. The first-order valence-corrected chi connectivity index (χ1v) is 7.55. The first-order valence-electron chi connectivity index (χ1n) is 6.16. The van der Waals surface area contributed by atoms with Gasteiger partial charge in [0.15, 0.2) is 0 Å². The number of aryl methyl sites for hydroxylation is 2. The van der Waals surface area contributed by atoms with E-state index in [1.807, 2.05) is 19.4 Å². The van der Waals surface area contributed by atoms with Crippen LogP contribution in [0.3, 0.4) is 0 Å². The van der Waals surface area contributed by atoms with Gasteiger partial charge in [-0.3, -0.25) is 9.89 Å². The summed E-state index contributed by atoms with van der Waals surface area (Å²) in [4.78, 5) is 11.6. The van der Waals surface area contributed by atoms with Crippen LogP contribution < -0.4 is 11.1 Å². The van der Waals surface area contributed by atoms with Gasteiger partial charge in [-0.1, -0.05) is 0 Å². The van der Waals surface area contributed by atoms with E-state index in [4.69, 9.17) is 5.73 Å². The van der Waals surface area contributed by atoms with Gasteiger partial charge in [0.25, 0.3) is 0 Å². The highest BCUT2D eigenvalue weighted by Crippen LogP contribution is 2.05. The van der Waals surface area contributed by atoms with E-state index in [-0.39, 0.29) is 11.9 Å². The molecule has 102 valence electrons. The molecular weight excluding hydrogens is 248 g/mol. The van der Waals surface area contributed by atoms with Crippen LogP contribution in [0.25, 0.3) is 0 Å². The highest BCUT2D eigenvalue weighted by molar-refractivity contribution is 7.98. The lowest BCUT2D eigenvalue weighted by Gasteiger charge is -2.11. The molecule has 0 aliphatic rings. The van der Waals surface area contributed by atoms with E-state index in [9.17, 15) is 4.79 Å². The fourth-order valence-electron chi connectivity index (χ4n) is 1.63. The normalized spacial score (nSPS) is 12.4. The Morgan fingerprint density at radius 1 is 1.67 bits per heavy atom. The van der Waals surface area contributed by atoms with Crippen molar-refractivity contribution in [2.24, 2.45) is 5.73 Å². The third-order valence-electron chi connectivity index (χ3n) is 2.83. The molecule has 1 heterocycles. The maximum Gasteiger partial charge on any atom is 0.236 e. The Morgan fingerprint density at radius 2 is 2.44 bits per heavy atom. The quantitative estimate of drug-likeness (QED) is 0.611. The van der Waals surface area contributed by atoms with Crippen molar-refractivity contribution >= 4 is 17.7 Å². The predicted molar refractivity (Wildman–Crippen MR) is 75.6 cm³/mol. The number of aromatic nitrogens is 2. The van der Waals surface area contributed by atoms with Crippen molar-refractivity contribution in [2.45, 2.75) is 32.2 Å². The van der Waals surface area contributed by atoms with Gasteiger partial charge in [-0.15, -0.1) is 0 Å². The molecule has 1 amide bonds. The number of carbonyl (C=O) groups is 1. The molecule has 1 rings (SSSR count). The molecule has 1 aromatic heterocycles. The van der Waals surface area contributed by atoms with Crippen molar-refractivity contribution in [3.8, 4) is 0 Å². The Kier molecular flexibility index (Phi) is 6.82. The number of aromatic amines is 1. The molecule has 0 bridgehead atoms. The maximum atomic E-state index is 11.6. The second kappa shape index (κ2) is 8.16. The Morgan fingerprint density at radius 3 is 3.06 bits per heavy atom. The molecule has 18 heavy (non-hydrogen) atoms. The van der Waals surface area contributed by atoms with Gasteiger partial charge in [0.1, 0.15) is 0 Å². The average molecular weight is 270 g/mol. The molecular formula is C12H22N4OS. The summed E-state index contributed by atoms with van der Waals surface area (Å²) in [5, 5.41) is 9.73. The summed E-state index contributed by atoms with van der Waals surface area (Å²) in [6, 6.07) is -0.381. The topological polar surface area (TPSA) is 83.8 Å². The van der Waals surface area contributed by atoms with Crippen LogP contribution in [-0.4, -0.2) is 40.7 Å². The van der Waals surface area contributed by atoms with Gasteiger partial charge in [0.2, 0.25) is 5.91 Å². The molecule has 0 aliphatic carbocycles. The van der Waals surface area contributed by atoms with E-state index in [2.05, 4.69) is 15.5 Å². The summed E-state index contributed by atoms with van der Waals surface area (Å²) in [6.07, 6.45) is 6.40. The molecule has 0 spiro atoms. The van der Waals surface area contributed by atoms with Crippen molar-refractivity contribution in [3.63, 3.8) is 0 Å². The molecule has 1 aromatic rings. The number of H-pyrrole nitrogens is 1. The van der Waals surface area contributed by atoms with E-state index in [0.29, 0.717) is 6.54 Å². The SMILES string of the molecule is CSCC[C@@H](N)C(=O)NCCCc1cn[nH]c1C. The largest absolute Gasteiger partial charge is 0.355 e. The highest BCUT2D eigenvalue weighted by atomic mass is 32.2. The molecule has 1 atom stereocenters. The summed E-state index contributed by atoms with van der Waals surface area (Å²) < 4.78 is 0. The number of rotatable bonds is 8. The Balaban J connectivity index is 2.14. The van der Waals surface area contributed by atoms with E-state index in [1.165, 1.54) is 5.56 Å². The van der Waals surface area contributed by atoms with Gasteiger partial charge in [-0.05, 0) is 43.8 Å². The summed E-state index contributed by atoms with van der Waals surface area (Å²) in [5.74, 6) is 0.871. The first-order chi connectivity index (χ1) is 8.65. The van der Waals surface area contributed by atoms with Gasteiger partial charge in [-0.25, -0.2) is 0 Å². The smallest absolute Gasteiger partial charge is 0.236 e. The fourth-order valence-corrected chi connectivity index (χ4v) is 2.11. The van der Waals surface area contributed by atoms with Crippen molar-refractivity contribution in [2.75, 3.05) is 18.6 Å². The standard InChI is InChI=1S/C12H22N4OS/c1-9-10(8-15-16-9)4-3-6-14-12(17)11(13)5-7-18-2/h8,11H,3-7,13H2,1-2H3,(H,14,17)(H,15,16)/t11-/m1/s1. The van der Waals surface area contributed by atoms with Crippen LogP contribution in [-0.2, 0) is 11.2 Å². The fraction of sp³-hybridized carbons (Fsp3) is 0.667. The minimum absolute atomic E-state index is 0.0482. The van der Waals surface area contributed by atoms with E-state index in [1.54, 1.807) is 11.8 Å². The van der Waals surface area contributed by atoms with Gasteiger partial charge >= 0.3 is 0 Å². The second-order valence-electron chi connectivity index (χ2n) is 4.30. The maximum absolute atomic E-state index is 11.6. The van der Waals surface area contributed by atoms with Gasteiger partial charge < -0.3 is 11.1 Å². The zero-order valence-electron chi connectivity index (χ0n) is 11.0.